The number of carbonyl (C=O) groups is 1. The first-order valence-electron chi connectivity index (χ1n) is 11.7. The van der Waals surface area contributed by atoms with Crippen LogP contribution >= 0.6 is 0 Å². The van der Waals surface area contributed by atoms with Crippen molar-refractivity contribution < 1.29 is 9.53 Å². The van der Waals surface area contributed by atoms with E-state index in [1.54, 1.807) is 6.07 Å². The summed E-state index contributed by atoms with van der Waals surface area (Å²) in [6, 6.07) is 5.73. The second-order valence-electron chi connectivity index (χ2n) is 11.0. The zero-order valence-corrected chi connectivity index (χ0v) is 18.9. The van der Waals surface area contributed by atoms with Gasteiger partial charge in [-0.15, -0.1) is 0 Å². The molecule has 1 amide bonds. The Morgan fingerprint density at radius 1 is 1.19 bits per heavy atom. The maximum absolute atomic E-state index is 13.0. The second-order valence-corrected chi connectivity index (χ2v) is 11.0. The van der Waals surface area contributed by atoms with Crippen molar-refractivity contribution in [1.82, 2.24) is 14.5 Å². The molecule has 1 aromatic carbocycles. The molecule has 1 saturated heterocycles. The van der Waals surface area contributed by atoms with Crippen molar-refractivity contribution in [3.63, 3.8) is 0 Å². The van der Waals surface area contributed by atoms with Gasteiger partial charge in [-0.3, -0.25) is 14.2 Å². The number of nitrogens with zero attached hydrogens (tertiary/aromatic N) is 3. The first kappa shape index (κ1) is 20.5. The predicted octanol–water partition coefficient (Wildman–Crippen LogP) is 3.93. The number of aromatic nitrogens is 2. The van der Waals surface area contributed by atoms with E-state index in [-0.39, 0.29) is 28.9 Å². The quantitative estimate of drug-likeness (QED) is 0.750. The molecule has 1 aromatic heterocycles. The van der Waals surface area contributed by atoms with E-state index in [2.05, 4.69) is 20.8 Å². The van der Waals surface area contributed by atoms with Crippen LogP contribution in [0.15, 0.2) is 23.0 Å². The van der Waals surface area contributed by atoms with Crippen molar-refractivity contribution in [1.29, 1.82) is 0 Å². The van der Waals surface area contributed by atoms with Crippen molar-refractivity contribution >= 4 is 16.8 Å². The number of aryl methyl sites for hydroxylation is 1. The fraction of sp³-hybridized carbons (Fsp3) is 0.640. The summed E-state index contributed by atoms with van der Waals surface area (Å²) >= 11 is 0. The summed E-state index contributed by atoms with van der Waals surface area (Å²) in [6.07, 6.45) is 7.37. The van der Waals surface area contributed by atoms with Crippen LogP contribution < -0.4 is 10.3 Å². The van der Waals surface area contributed by atoms with Gasteiger partial charge in [0, 0.05) is 25.6 Å². The van der Waals surface area contributed by atoms with Gasteiger partial charge >= 0.3 is 0 Å². The molecule has 166 valence electrons. The average Bonchev–Trinajstić information content (AvgIpc) is 2.84. The maximum atomic E-state index is 13.0. The molecule has 6 nitrogen and oxygen atoms in total. The van der Waals surface area contributed by atoms with E-state index in [0.29, 0.717) is 22.7 Å². The van der Waals surface area contributed by atoms with E-state index < -0.39 is 0 Å². The lowest BCUT2D eigenvalue weighted by molar-refractivity contribution is -0.134. The molecular weight excluding hydrogens is 390 g/mol. The molecule has 0 spiro atoms. The highest BCUT2D eigenvalue weighted by molar-refractivity contribution is 5.80. The van der Waals surface area contributed by atoms with Gasteiger partial charge in [0.2, 0.25) is 0 Å². The lowest BCUT2D eigenvalue weighted by Gasteiger charge is -2.39. The molecule has 3 heterocycles. The number of amides is 1. The Labute approximate surface area is 183 Å². The number of hydrogen-bond acceptors (Lipinski definition) is 4. The summed E-state index contributed by atoms with van der Waals surface area (Å²) in [5.74, 6) is 1.49. The number of hydrogen-bond donors (Lipinski definition) is 0. The molecule has 5 rings (SSSR count). The number of ether oxygens (including phenoxy) is 1. The number of benzene rings is 1. The van der Waals surface area contributed by atoms with E-state index in [0.717, 1.165) is 63.9 Å². The third-order valence-corrected chi connectivity index (χ3v) is 7.38. The molecule has 0 unspecified atom stereocenters. The molecule has 2 aromatic rings. The van der Waals surface area contributed by atoms with E-state index >= 15 is 0 Å². The summed E-state index contributed by atoms with van der Waals surface area (Å²) in [7, 11) is 0. The molecule has 0 radical (unpaired) electrons. The van der Waals surface area contributed by atoms with E-state index in [1.165, 1.54) is 0 Å². The highest BCUT2D eigenvalue weighted by Crippen LogP contribution is 2.52. The third kappa shape index (κ3) is 3.85. The molecule has 2 bridgehead atoms. The second kappa shape index (κ2) is 7.35. The molecule has 31 heavy (non-hydrogen) atoms. The van der Waals surface area contributed by atoms with Crippen LogP contribution in [0.2, 0.25) is 0 Å². The highest BCUT2D eigenvalue weighted by atomic mass is 16.5. The van der Waals surface area contributed by atoms with Crippen LogP contribution in [-0.4, -0.2) is 39.6 Å². The van der Waals surface area contributed by atoms with Gasteiger partial charge in [-0.05, 0) is 61.1 Å². The molecule has 2 fully saturated rings. The van der Waals surface area contributed by atoms with Crippen LogP contribution in [0.4, 0.5) is 0 Å². The Morgan fingerprint density at radius 3 is 2.87 bits per heavy atom. The zero-order valence-electron chi connectivity index (χ0n) is 18.9. The molecule has 1 aliphatic carbocycles. The van der Waals surface area contributed by atoms with Gasteiger partial charge in [-0.25, -0.2) is 4.98 Å². The SMILES string of the molecule is CC1(C)C[C@H]2C[C@@](C)(CN2C(=O)COc2ccc3nc4n(c(=O)c3c2)CCCCC4)C1. The van der Waals surface area contributed by atoms with Crippen molar-refractivity contribution in [2.75, 3.05) is 13.2 Å². The number of fused-ring (bicyclic) bond motifs is 4. The van der Waals surface area contributed by atoms with Gasteiger partial charge in [0.25, 0.3) is 11.5 Å². The van der Waals surface area contributed by atoms with Crippen LogP contribution in [0, 0.1) is 10.8 Å². The predicted molar refractivity (Wildman–Crippen MR) is 120 cm³/mol. The fourth-order valence-corrected chi connectivity index (χ4v) is 6.47. The number of carbonyl (C=O) groups excluding carboxylic acids is 1. The van der Waals surface area contributed by atoms with Crippen LogP contribution in [0.3, 0.4) is 0 Å². The minimum Gasteiger partial charge on any atom is -0.484 e. The molecule has 2 atom stereocenters. The van der Waals surface area contributed by atoms with Gasteiger partial charge in [0.15, 0.2) is 6.61 Å². The first-order valence-corrected chi connectivity index (χ1v) is 11.7. The van der Waals surface area contributed by atoms with Crippen LogP contribution in [0.5, 0.6) is 5.75 Å². The van der Waals surface area contributed by atoms with Gasteiger partial charge in [0.1, 0.15) is 11.6 Å². The van der Waals surface area contributed by atoms with E-state index in [4.69, 9.17) is 9.72 Å². The van der Waals surface area contributed by atoms with Gasteiger partial charge < -0.3 is 9.64 Å². The molecule has 0 N–H and O–H groups in total. The Bertz CT molecular complexity index is 1090. The summed E-state index contributed by atoms with van der Waals surface area (Å²) in [4.78, 5) is 32.8. The monoisotopic (exact) mass is 423 g/mol. The molecule has 6 heteroatoms. The fourth-order valence-electron chi connectivity index (χ4n) is 6.47. The molecule has 3 aliphatic rings. The smallest absolute Gasteiger partial charge is 0.261 e. The van der Waals surface area contributed by atoms with E-state index in [1.807, 2.05) is 21.6 Å². The summed E-state index contributed by atoms with van der Waals surface area (Å²) in [6.45, 7) is 8.49. The maximum Gasteiger partial charge on any atom is 0.261 e. The standard InChI is InChI=1S/C25H33N3O3/c1-24(2)12-17-13-25(3,15-24)16-28(17)22(29)14-31-18-8-9-20-19(11-18)23(30)27-10-6-4-5-7-21(27)26-20/h8-9,11,17H,4-7,10,12-16H2,1-3H3/t17-,25+/m0/s1. The Kier molecular flexibility index (Phi) is 4.87. The first-order chi connectivity index (χ1) is 14.7. The van der Waals surface area contributed by atoms with Crippen molar-refractivity contribution in [3.05, 3.63) is 34.4 Å². The summed E-state index contributed by atoms with van der Waals surface area (Å²) in [5.41, 5.74) is 1.20. The number of rotatable bonds is 3. The van der Waals surface area contributed by atoms with Crippen LogP contribution in [0.1, 0.15) is 65.1 Å². The largest absolute Gasteiger partial charge is 0.484 e. The minimum atomic E-state index is 0.00201. The minimum absolute atomic E-state index is 0.00201. The molecule has 2 aliphatic heterocycles. The lowest BCUT2D eigenvalue weighted by Crippen LogP contribution is -2.40. The van der Waals surface area contributed by atoms with Crippen molar-refractivity contribution in [2.45, 2.75) is 78.3 Å². The average molecular weight is 424 g/mol. The topological polar surface area (TPSA) is 64.4 Å². The summed E-state index contributed by atoms with van der Waals surface area (Å²) in [5, 5.41) is 0.571. The molecule has 1 saturated carbocycles. The van der Waals surface area contributed by atoms with Gasteiger partial charge in [-0.2, -0.15) is 0 Å². The van der Waals surface area contributed by atoms with Crippen molar-refractivity contribution in [3.8, 4) is 5.75 Å². The third-order valence-electron chi connectivity index (χ3n) is 7.38. The lowest BCUT2D eigenvalue weighted by atomic mass is 9.65. The van der Waals surface area contributed by atoms with Gasteiger partial charge in [0.05, 0.1) is 10.9 Å². The zero-order chi connectivity index (χ0) is 21.8. The van der Waals surface area contributed by atoms with Crippen LogP contribution in [0.25, 0.3) is 10.9 Å². The Morgan fingerprint density at radius 2 is 2.03 bits per heavy atom. The normalized spacial score (nSPS) is 27.1. The number of likely N-dealkylation sites (tertiary alicyclic amines) is 1. The van der Waals surface area contributed by atoms with Crippen molar-refractivity contribution in [2.24, 2.45) is 10.8 Å². The van der Waals surface area contributed by atoms with Gasteiger partial charge in [-0.1, -0.05) is 27.2 Å². The van der Waals surface area contributed by atoms with E-state index in [9.17, 15) is 9.59 Å². The Hall–Kier alpha value is -2.37. The highest BCUT2D eigenvalue weighted by Gasteiger charge is 2.50. The van der Waals surface area contributed by atoms with Crippen LogP contribution in [-0.2, 0) is 17.8 Å². The Balaban J connectivity index is 1.33. The summed E-state index contributed by atoms with van der Waals surface area (Å²) < 4.78 is 7.69. The molecular formula is C25H33N3O3.